The molecule has 1 aromatic carbocycles. The van der Waals surface area contributed by atoms with Crippen molar-refractivity contribution in [1.82, 2.24) is 0 Å². The van der Waals surface area contributed by atoms with Gasteiger partial charge in [-0.3, -0.25) is 0 Å². The molecule has 0 heterocycles. The number of nitrogens with two attached hydrogens (primary N) is 1. The Morgan fingerprint density at radius 3 is 2.50 bits per heavy atom. The first kappa shape index (κ1) is 9.49. The Morgan fingerprint density at radius 2 is 1.93 bits per heavy atom. The van der Waals surface area contributed by atoms with E-state index in [0.29, 0.717) is 0 Å². The molecule has 1 saturated carbocycles. The number of hydrogen-bond donors (Lipinski definition) is 2. The van der Waals surface area contributed by atoms with Crippen LogP contribution in [-0.4, -0.2) is 23.4 Å². The summed E-state index contributed by atoms with van der Waals surface area (Å²) in [5.41, 5.74) is 5.69. The summed E-state index contributed by atoms with van der Waals surface area (Å²) in [5.74, 6) is 0.797. The summed E-state index contributed by atoms with van der Waals surface area (Å²) >= 11 is 0. The van der Waals surface area contributed by atoms with Gasteiger partial charge >= 0.3 is 0 Å². The molecule has 1 aliphatic carbocycles. The molecule has 1 aliphatic rings. The zero-order chi connectivity index (χ0) is 9.97. The fraction of sp³-hybridized carbons (Fsp3) is 0.455. The standard InChI is InChI=1S/C11H15NO2/c12-9-6-7-10(11(9)13)14-8-4-2-1-3-5-8/h1-5,9-11,13H,6-7,12H2/t9-,10+,11-/m1/s1. The summed E-state index contributed by atoms with van der Waals surface area (Å²) in [6, 6.07) is 9.40. The van der Waals surface area contributed by atoms with Crippen LogP contribution in [0.1, 0.15) is 12.8 Å². The maximum Gasteiger partial charge on any atom is 0.126 e. The molecule has 0 unspecified atom stereocenters. The Bertz CT molecular complexity index is 289. The van der Waals surface area contributed by atoms with Gasteiger partial charge < -0.3 is 15.6 Å². The van der Waals surface area contributed by atoms with Crippen LogP contribution in [0.3, 0.4) is 0 Å². The van der Waals surface area contributed by atoms with Gasteiger partial charge in [0.05, 0.1) is 0 Å². The van der Waals surface area contributed by atoms with Crippen LogP contribution in [0, 0.1) is 0 Å². The van der Waals surface area contributed by atoms with E-state index in [1.54, 1.807) is 0 Å². The van der Waals surface area contributed by atoms with E-state index in [9.17, 15) is 5.11 Å². The lowest BCUT2D eigenvalue weighted by Gasteiger charge is -2.18. The Labute approximate surface area is 83.5 Å². The number of aliphatic hydroxyl groups is 1. The maximum atomic E-state index is 9.67. The van der Waals surface area contributed by atoms with E-state index in [0.717, 1.165) is 18.6 Å². The van der Waals surface area contributed by atoms with E-state index in [-0.39, 0.29) is 12.1 Å². The molecule has 0 radical (unpaired) electrons. The average Bonchev–Trinajstić information content (AvgIpc) is 2.52. The second kappa shape index (κ2) is 3.98. The Hall–Kier alpha value is -1.06. The molecule has 3 heteroatoms. The summed E-state index contributed by atoms with van der Waals surface area (Å²) in [5, 5.41) is 9.67. The zero-order valence-corrected chi connectivity index (χ0v) is 7.97. The van der Waals surface area contributed by atoms with Gasteiger partial charge in [0.15, 0.2) is 0 Å². The van der Waals surface area contributed by atoms with Gasteiger partial charge in [-0.25, -0.2) is 0 Å². The minimum absolute atomic E-state index is 0.135. The molecule has 0 aromatic heterocycles. The highest BCUT2D eigenvalue weighted by Gasteiger charge is 2.33. The van der Waals surface area contributed by atoms with Crippen molar-refractivity contribution in [3.63, 3.8) is 0 Å². The summed E-state index contributed by atoms with van der Waals surface area (Å²) in [6.07, 6.45) is 0.984. The lowest BCUT2D eigenvalue weighted by Crippen LogP contribution is -2.37. The fourth-order valence-electron chi connectivity index (χ4n) is 1.78. The molecule has 1 fully saturated rings. The second-order valence-corrected chi connectivity index (χ2v) is 3.70. The lowest BCUT2D eigenvalue weighted by atomic mass is 10.2. The minimum atomic E-state index is -0.532. The topological polar surface area (TPSA) is 55.5 Å². The fourth-order valence-corrected chi connectivity index (χ4v) is 1.78. The van der Waals surface area contributed by atoms with Crippen LogP contribution >= 0.6 is 0 Å². The van der Waals surface area contributed by atoms with Crippen molar-refractivity contribution >= 4 is 0 Å². The quantitative estimate of drug-likeness (QED) is 0.734. The van der Waals surface area contributed by atoms with Crippen molar-refractivity contribution in [3.8, 4) is 5.75 Å². The smallest absolute Gasteiger partial charge is 0.126 e. The molecule has 0 saturated heterocycles. The van der Waals surface area contributed by atoms with Crippen LogP contribution in [-0.2, 0) is 0 Å². The van der Waals surface area contributed by atoms with Crippen LogP contribution in [0.4, 0.5) is 0 Å². The number of rotatable bonds is 2. The molecule has 3 N–H and O–H groups in total. The Balaban J connectivity index is 1.99. The zero-order valence-electron chi connectivity index (χ0n) is 7.97. The molecule has 0 aliphatic heterocycles. The molecule has 76 valence electrons. The maximum absolute atomic E-state index is 9.67. The van der Waals surface area contributed by atoms with Crippen molar-refractivity contribution in [2.75, 3.05) is 0 Å². The van der Waals surface area contributed by atoms with Crippen molar-refractivity contribution in [1.29, 1.82) is 0 Å². The second-order valence-electron chi connectivity index (χ2n) is 3.70. The number of hydrogen-bond acceptors (Lipinski definition) is 3. The highest BCUT2D eigenvalue weighted by atomic mass is 16.5. The third-order valence-corrected chi connectivity index (χ3v) is 2.63. The van der Waals surface area contributed by atoms with Crippen molar-refractivity contribution in [2.24, 2.45) is 5.73 Å². The van der Waals surface area contributed by atoms with Crippen molar-refractivity contribution in [3.05, 3.63) is 30.3 Å². The van der Waals surface area contributed by atoms with Crippen molar-refractivity contribution in [2.45, 2.75) is 31.1 Å². The van der Waals surface area contributed by atoms with E-state index in [2.05, 4.69) is 0 Å². The van der Waals surface area contributed by atoms with Gasteiger partial charge in [0.2, 0.25) is 0 Å². The van der Waals surface area contributed by atoms with Gasteiger partial charge in [-0.15, -0.1) is 0 Å². The predicted molar refractivity (Wildman–Crippen MR) is 54.1 cm³/mol. The Kier molecular flexibility index (Phi) is 2.70. The van der Waals surface area contributed by atoms with E-state index in [1.165, 1.54) is 0 Å². The monoisotopic (exact) mass is 193 g/mol. The van der Waals surface area contributed by atoms with E-state index < -0.39 is 6.10 Å². The number of benzene rings is 1. The molecule has 2 rings (SSSR count). The minimum Gasteiger partial charge on any atom is -0.488 e. The van der Waals surface area contributed by atoms with Gasteiger partial charge in [0.1, 0.15) is 18.0 Å². The van der Waals surface area contributed by atoms with E-state index >= 15 is 0 Å². The summed E-state index contributed by atoms with van der Waals surface area (Å²) in [6.45, 7) is 0. The average molecular weight is 193 g/mol. The van der Waals surface area contributed by atoms with Gasteiger partial charge in [0, 0.05) is 6.04 Å². The van der Waals surface area contributed by atoms with Gasteiger partial charge in [-0.05, 0) is 25.0 Å². The highest BCUT2D eigenvalue weighted by molar-refractivity contribution is 5.21. The molecule has 1 aromatic rings. The normalized spacial score (nSPS) is 31.7. The third-order valence-electron chi connectivity index (χ3n) is 2.63. The molecular formula is C11H15NO2. The number of aliphatic hydroxyl groups excluding tert-OH is 1. The van der Waals surface area contributed by atoms with Crippen molar-refractivity contribution < 1.29 is 9.84 Å². The lowest BCUT2D eigenvalue weighted by molar-refractivity contribution is 0.0521. The van der Waals surface area contributed by atoms with Gasteiger partial charge in [-0.2, -0.15) is 0 Å². The third kappa shape index (κ3) is 1.89. The SMILES string of the molecule is N[C@@H]1CC[C@H](Oc2ccccc2)[C@@H]1O. The van der Waals surface area contributed by atoms with Crippen LogP contribution in [0.15, 0.2) is 30.3 Å². The molecule has 0 bridgehead atoms. The molecule has 0 spiro atoms. The first-order valence-corrected chi connectivity index (χ1v) is 4.93. The van der Waals surface area contributed by atoms with E-state index in [1.807, 2.05) is 30.3 Å². The molecule has 14 heavy (non-hydrogen) atoms. The highest BCUT2D eigenvalue weighted by Crippen LogP contribution is 2.23. The van der Waals surface area contributed by atoms with Gasteiger partial charge in [0.25, 0.3) is 0 Å². The molecule has 3 atom stereocenters. The van der Waals surface area contributed by atoms with Crippen LogP contribution < -0.4 is 10.5 Å². The van der Waals surface area contributed by atoms with Gasteiger partial charge in [-0.1, -0.05) is 18.2 Å². The molecule has 3 nitrogen and oxygen atoms in total. The van der Waals surface area contributed by atoms with E-state index in [4.69, 9.17) is 10.5 Å². The Morgan fingerprint density at radius 1 is 1.21 bits per heavy atom. The number of para-hydroxylation sites is 1. The first-order chi connectivity index (χ1) is 6.77. The summed E-state index contributed by atoms with van der Waals surface area (Å²) in [4.78, 5) is 0. The number of ether oxygens (including phenoxy) is 1. The predicted octanol–water partition coefficient (Wildman–Crippen LogP) is 0.916. The largest absolute Gasteiger partial charge is 0.488 e. The first-order valence-electron chi connectivity index (χ1n) is 4.93. The molecule has 0 amide bonds. The van der Waals surface area contributed by atoms with Crippen LogP contribution in [0.2, 0.25) is 0 Å². The summed E-state index contributed by atoms with van der Waals surface area (Å²) in [7, 11) is 0. The molecular weight excluding hydrogens is 178 g/mol. The van der Waals surface area contributed by atoms with Crippen LogP contribution in [0.5, 0.6) is 5.75 Å². The summed E-state index contributed by atoms with van der Waals surface area (Å²) < 4.78 is 5.63. The van der Waals surface area contributed by atoms with Crippen LogP contribution in [0.25, 0.3) is 0 Å².